The number of benzene rings is 1. The first-order valence-electron chi connectivity index (χ1n) is 6.82. The molecule has 1 saturated heterocycles. The highest BCUT2D eigenvalue weighted by Crippen LogP contribution is 2.54. The molecule has 94 valence electrons. The van der Waals surface area contributed by atoms with E-state index in [9.17, 15) is 4.79 Å². The minimum atomic E-state index is -0.226. The Labute approximate surface area is 107 Å². The zero-order chi connectivity index (χ0) is 12.2. The molecule has 3 atom stereocenters. The van der Waals surface area contributed by atoms with Crippen molar-refractivity contribution >= 4 is 5.78 Å². The molecular formula is C15H17NO2. The lowest BCUT2D eigenvalue weighted by Crippen LogP contribution is -2.58. The monoisotopic (exact) mass is 243 g/mol. The Morgan fingerprint density at radius 3 is 3.17 bits per heavy atom. The molecule has 3 nitrogen and oxygen atoms in total. The zero-order valence-corrected chi connectivity index (χ0v) is 10.3. The Morgan fingerprint density at radius 2 is 2.22 bits per heavy atom. The van der Waals surface area contributed by atoms with Crippen LogP contribution in [0.4, 0.5) is 0 Å². The molecule has 18 heavy (non-hydrogen) atoms. The molecule has 1 aromatic rings. The topological polar surface area (TPSA) is 38.3 Å². The van der Waals surface area contributed by atoms with Gasteiger partial charge in [0.2, 0.25) is 0 Å². The van der Waals surface area contributed by atoms with E-state index in [1.54, 1.807) is 0 Å². The van der Waals surface area contributed by atoms with Crippen molar-refractivity contribution in [3.8, 4) is 5.75 Å². The molecule has 2 fully saturated rings. The van der Waals surface area contributed by atoms with Crippen LogP contribution in [0.15, 0.2) is 24.3 Å². The largest absolute Gasteiger partial charge is 0.481 e. The predicted octanol–water partition coefficient (Wildman–Crippen LogP) is 1.66. The summed E-state index contributed by atoms with van der Waals surface area (Å²) in [6, 6.07) is 8.23. The van der Waals surface area contributed by atoms with Gasteiger partial charge in [0, 0.05) is 17.4 Å². The molecule has 4 rings (SSSR count). The molecule has 2 aliphatic heterocycles. The number of nitrogens with one attached hydrogen (secondary N) is 1. The third-order valence-electron chi connectivity index (χ3n) is 4.97. The number of carbonyl (C=O) groups is 1. The standard InChI is InChI=1S/C15H17NO2/c17-12-6-5-10-9-16-8-7-15(10)11-3-1-2-4-13(11)18-14(12)15/h1-4,10,14,16H,5-9H2. The molecule has 3 heteroatoms. The van der Waals surface area contributed by atoms with Crippen LogP contribution in [-0.2, 0) is 10.2 Å². The van der Waals surface area contributed by atoms with Crippen molar-refractivity contribution < 1.29 is 9.53 Å². The summed E-state index contributed by atoms with van der Waals surface area (Å²) in [6.45, 7) is 2.00. The first kappa shape index (κ1) is 10.6. The fourth-order valence-electron chi connectivity index (χ4n) is 4.15. The quantitative estimate of drug-likeness (QED) is 0.753. The van der Waals surface area contributed by atoms with Gasteiger partial charge in [-0.05, 0) is 37.9 Å². The number of ether oxygens (including phenoxy) is 1. The van der Waals surface area contributed by atoms with Gasteiger partial charge in [-0.1, -0.05) is 18.2 Å². The maximum Gasteiger partial charge on any atom is 0.174 e. The SMILES string of the molecule is O=C1CCC2CNCCC23c2ccccc2OC13. The van der Waals surface area contributed by atoms with Crippen molar-refractivity contribution in [2.24, 2.45) is 5.92 Å². The summed E-state index contributed by atoms with van der Waals surface area (Å²) in [4.78, 5) is 12.2. The van der Waals surface area contributed by atoms with Gasteiger partial charge in [0.15, 0.2) is 11.9 Å². The Morgan fingerprint density at radius 1 is 1.33 bits per heavy atom. The minimum Gasteiger partial charge on any atom is -0.481 e. The van der Waals surface area contributed by atoms with E-state index < -0.39 is 0 Å². The molecule has 3 aliphatic rings. The molecule has 1 saturated carbocycles. The first-order chi connectivity index (χ1) is 8.82. The average Bonchev–Trinajstić information content (AvgIpc) is 2.75. The van der Waals surface area contributed by atoms with Crippen LogP contribution < -0.4 is 10.1 Å². The number of rotatable bonds is 0. The van der Waals surface area contributed by atoms with Gasteiger partial charge in [-0.3, -0.25) is 4.79 Å². The van der Waals surface area contributed by atoms with E-state index in [2.05, 4.69) is 17.4 Å². The van der Waals surface area contributed by atoms with Crippen LogP contribution in [0.2, 0.25) is 0 Å². The summed E-state index contributed by atoms with van der Waals surface area (Å²) in [6.07, 6.45) is 2.47. The summed E-state index contributed by atoms with van der Waals surface area (Å²) in [5.74, 6) is 1.77. The third kappa shape index (κ3) is 1.15. The van der Waals surface area contributed by atoms with Crippen LogP contribution in [-0.4, -0.2) is 25.0 Å². The van der Waals surface area contributed by atoms with Gasteiger partial charge in [-0.25, -0.2) is 0 Å². The Kier molecular flexibility index (Phi) is 2.10. The molecule has 2 heterocycles. The van der Waals surface area contributed by atoms with Crippen LogP contribution in [0.1, 0.15) is 24.8 Å². The van der Waals surface area contributed by atoms with Crippen molar-refractivity contribution in [3.05, 3.63) is 29.8 Å². The van der Waals surface area contributed by atoms with Crippen LogP contribution in [0.25, 0.3) is 0 Å². The Bertz CT molecular complexity index is 513. The summed E-state index contributed by atoms with van der Waals surface area (Å²) >= 11 is 0. The van der Waals surface area contributed by atoms with Crippen molar-refractivity contribution in [1.29, 1.82) is 0 Å². The number of hydrogen-bond donors (Lipinski definition) is 1. The lowest BCUT2D eigenvalue weighted by Gasteiger charge is -2.47. The molecular weight excluding hydrogens is 226 g/mol. The molecule has 0 amide bonds. The second-order valence-electron chi connectivity index (χ2n) is 5.69. The van der Waals surface area contributed by atoms with Crippen LogP contribution in [0.3, 0.4) is 0 Å². The number of Topliss-reactive ketones (excluding diaryl/α,β-unsaturated/α-hetero) is 1. The second-order valence-corrected chi connectivity index (χ2v) is 5.69. The number of para-hydroxylation sites is 1. The van der Waals surface area contributed by atoms with E-state index in [0.29, 0.717) is 18.1 Å². The smallest absolute Gasteiger partial charge is 0.174 e. The minimum absolute atomic E-state index is 0.0445. The molecule has 1 N–H and O–H groups in total. The number of carbonyl (C=O) groups excluding carboxylic acids is 1. The number of piperidine rings is 1. The van der Waals surface area contributed by atoms with E-state index in [-0.39, 0.29) is 11.5 Å². The molecule has 3 unspecified atom stereocenters. The highest BCUT2D eigenvalue weighted by Gasteiger charge is 2.59. The molecule has 1 spiro atoms. The lowest BCUT2D eigenvalue weighted by atomic mass is 9.58. The molecule has 0 bridgehead atoms. The highest BCUT2D eigenvalue weighted by atomic mass is 16.5. The maximum absolute atomic E-state index is 12.2. The predicted molar refractivity (Wildman–Crippen MR) is 67.8 cm³/mol. The van der Waals surface area contributed by atoms with Gasteiger partial charge in [0.1, 0.15) is 5.75 Å². The van der Waals surface area contributed by atoms with Crippen molar-refractivity contribution in [2.45, 2.75) is 30.8 Å². The van der Waals surface area contributed by atoms with Gasteiger partial charge in [-0.2, -0.15) is 0 Å². The van der Waals surface area contributed by atoms with E-state index in [4.69, 9.17) is 4.74 Å². The zero-order valence-electron chi connectivity index (χ0n) is 10.3. The van der Waals surface area contributed by atoms with Gasteiger partial charge < -0.3 is 10.1 Å². The summed E-state index contributed by atoms with van der Waals surface area (Å²) < 4.78 is 6.01. The van der Waals surface area contributed by atoms with E-state index in [1.807, 2.05) is 12.1 Å². The second kappa shape index (κ2) is 3.58. The summed E-state index contributed by atoms with van der Waals surface area (Å²) in [5.41, 5.74) is 1.23. The molecule has 0 radical (unpaired) electrons. The maximum atomic E-state index is 12.2. The molecule has 1 aliphatic carbocycles. The van der Waals surface area contributed by atoms with E-state index in [0.717, 1.165) is 31.7 Å². The normalized spacial score (nSPS) is 37.4. The van der Waals surface area contributed by atoms with Gasteiger partial charge in [0.25, 0.3) is 0 Å². The Hall–Kier alpha value is -1.35. The van der Waals surface area contributed by atoms with Gasteiger partial charge in [-0.15, -0.1) is 0 Å². The fourth-order valence-corrected chi connectivity index (χ4v) is 4.15. The Balaban J connectivity index is 1.91. The van der Waals surface area contributed by atoms with Gasteiger partial charge >= 0.3 is 0 Å². The van der Waals surface area contributed by atoms with E-state index in [1.165, 1.54) is 5.56 Å². The van der Waals surface area contributed by atoms with Crippen molar-refractivity contribution in [1.82, 2.24) is 5.32 Å². The van der Waals surface area contributed by atoms with Crippen molar-refractivity contribution in [2.75, 3.05) is 13.1 Å². The van der Waals surface area contributed by atoms with E-state index >= 15 is 0 Å². The molecule has 0 aromatic heterocycles. The average molecular weight is 243 g/mol. The molecule has 1 aromatic carbocycles. The number of ketones is 1. The van der Waals surface area contributed by atoms with Crippen LogP contribution in [0, 0.1) is 5.92 Å². The number of fused-ring (bicyclic) bond motifs is 1. The highest BCUT2D eigenvalue weighted by molar-refractivity contribution is 5.88. The summed E-state index contributed by atoms with van der Waals surface area (Å²) in [7, 11) is 0. The fraction of sp³-hybridized carbons (Fsp3) is 0.533. The van der Waals surface area contributed by atoms with Crippen molar-refractivity contribution in [3.63, 3.8) is 0 Å². The van der Waals surface area contributed by atoms with Crippen LogP contribution >= 0.6 is 0 Å². The van der Waals surface area contributed by atoms with Crippen LogP contribution in [0.5, 0.6) is 5.75 Å². The lowest BCUT2D eigenvalue weighted by molar-refractivity contribution is -0.133. The van der Waals surface area contributed by atoms with Gasteiger partial charge in [0.05, 0.1) is 0 Å². The third-order valence-corrected chi connectivity index (χ3v) is 4.97. The first-order valence-corrected chi connectivity index (χ1v) is 6.82. The number of hydrogen-bond acceptors (Lipinski definition) is 3. The summed E-state index contributed by atoms with van der Waals surface area (Å²) in [5, 5.41) is 3.47.